The second-order valence-corrected chi connectivity index (χ2v) is 7.57. The average Bonchev–Trinajstić information content (AvgIpc) is 1.48. The summed E-state index contributed by atoms with van der Waals surface area (Å²) < 4.78 is 31.2. The molecule has 0 aliphatic heterocycles. The third-order valence-electron chi connectivity index (χ3n) is 0.639. The van der Waals surface area contributed by atoms with Crippen molar-refractivity contribution >= 4 is 20.9 Å². The molecule has 0 aromatic rings. The highest BCUT2D eigenvalue weighted by atomic mass is 31.3. The fraction of sp³-hybridized carbons (Fsp3) is 0.800. The van der Waals surface area contributed by atoms with Gasteiger partial charge in [0, 0.05) is 20.3 Å². The molecule has 0 aromatic carbocycles. The molecule has 0 heterocycles. The van der Waals surface area contributed by atoms with Gasteiger partial charge in [-0.1, -0.05) is 0 Å². The minimum atomic E-state index is -3.48. The Kier molecular flexibility index (Phi) is 3.70. The second-order valence-electron chi connectivity index (χ2n) is 2.69. The standard InChI is InChI=1S/C5H12O5P2/c1-5(6)9-12(4,8)10-11(2,3)7/h1-4H3. The molecule has 0 saturated heterocycles. The summed E-state index contributed by atoms with van der Waals surface area (Å²) in [6.45, 7) is 4.81. The van der Waals surface area contributed by atoms with Crippen molar-refractivity contribution in [2.45, 2.75) is 6.92 Å². The van der Waals surface area contributed by atoms with Crippen LogP contribution in [0.5, 0.6) is 0 Å². The van der Waals surface area contributed by atoms with Crippen molar-refractivity contribution in [2.24, 2.45) is 0 Å². The van der Waals surface area contributed by atoms with Crippen LogP contribution < -0.4 is 0 Å². The van der Waals surface area contributed by atoms with Gasteiger partial charge < -0.3 is 4.52 Å². The molecule has 0 spiro atoms. The Balaban J connectivity index is 4.35. The van der Waals surface area contributed by atoms with Crippen molar-refractivity contribution in [1.29, 1.82) is 0 Å². The average molecular weight is 214 g/mol. The summed E-state index contributed by atoms with van der Waals surface area (Å²) in [4.78, 5) is 10.4. The molecule has 0 fully saturated rings. The molecular weight excluding hydrogens is 202 g/mol. The molecule has 1 unspecified atom stereocenters. The topological polar surface area (TPSA) is 69.7 Å². The van der Waals surface area contributed by atoms with Crippen LogP contribution in [-0.2, 0) is 22.8 Å². The molecular formula is C5H12O5P2. The Morgan fingerprint density at radius 2 is 1.58 bits per heavy atom. The van der Waals surface area contributed by atoms with E-state index in [-0.39, 0.29) is 0 Å². The Morgan fingerprint density at radius 1 is 1.17 bits per heavy atom. The molecule has 0 aliphatic rings. The van der Waals surface area contributed by atoms with Crippen LogP contribution in [0.25, 0.3) is 0 Å². The zero-order valence-electron chi connectivity index (χ0n) is 7.44. The molecule has 5 nitrogen and oxygen atoms in total. The van der Waals surface area contributed by atoms with Gasteiger partial charge in [0.25, 0.3) is 0 Å². The third-order valence-corrected chi connectivity index (χ3v) is 3.99. The van der Waals surface area contributed by atoms with E-state index in [1.807, 2.05) is 0 Å². The molecule has 0 aliphatic carbocycles. The normalized spacial score (nSPS) is 16.7. The molecule has 0 radical (unpaired) electrons. The van der Waals surface area contributed by atoms with Crippen LogP contribution in [0.1, 0.15) is 6.92 Å². The number of carbonyl (C=O) groups excluding carboxylic acids is 1. The zero-order valence-corrected chi connectivity index (χ0v) is 9.22. The highest BCUT2D eigenvalue weighted by Gasteiger charge is 2.26. The predicted octanol–water partition coefficient (Wildman–Crippen LogP) is 1.93. The summed E-state index contributed by atoms with van der Waals surface area (Å²) in [5.41, 5.74) is 0. The van der Waals surface area contributed by atoms with Crippen molar-refractivity contribution in [3.8, 4) is 0 Å². The molecule has 0 N–H and O–H groups in total. The first-order valence-electron chi connectivity index (χ1n) is 3.16. The van der Waals surface area contributed by atoms with Crippen molar-refractivity contribution in [1.82, 2.24) is 0 Å². The first-order valence-corrected chi connectivity index (χ1v) is 7.67. The SMILES string of the molecule is CC(=O)OP(C)(=O)OP(C)(C)=O. The van der Waals surface area contributed by atoms with E-state index in [1.54, 1.807) is 0 Å². The predicted molar refractivity (Wildman–Crippen MR) is 45.8 cm³/mol. The summed E-state index contributed by atoms with van der Waals surface area (Å²) in [6.07, 6.45) is 0. The summed E-state index contributed by atoms with van der Waals surface area (Å²) >= 11 is 0. The fourth-order valence-corrected chi connectivity index (χ4v) is 4.07. The first-order chi connectivity index (χ1) is 5.12. The van der Waals surface area contributed by atoms with Crippen LogP contribution >= 0.6 is 15.0 Å². The quantitative estimate of drug-likeness (QED) is 0.671. The van der Waals surface area contributed by atoms with E-state index in [4.69, 9.17) is 0 Å². The molecule has 0 rings (SSSR count). The minimum absolute atomic E-state index is 0.714. The lowest BCUT2D eigenvalue weighted by Gasteiger charge is -2.14. The number of rotatable bonds is 3. The van der Waals surface area contributed by atoms with E-state index in [0.717, 1.165) is 13.6 Å². The van der Waals surface area contributed by atoms with Gasteiger partial charge in [-0.3, -0.25) is 9.36 Å². The number of hydrogen-bond acceptors (Lipinski definition) is 5. The monoisotopic (exact) mass is 214 g/mol. The molecule has 12 heavy (non-hydrogen) atoms. The van der Waals surface area contributed by atoms with Crippen LogP contribution in [0.4, 0.5) is 0 Å². The lowest BCUT2D eigenvalue weighted by Crippen LogP contribution is -1.97. The maximum atomic E-state index is 11.2. The highest BCUT2D eigenvalue weighted by molar-refractivity contribution is 7.68. The van der Waals surface area contributed by atoms with Crippen LogP contribution in [-0.4, -0.2) is 26.0 Å². The van der Waals surface area contributed by atoms with E-state index in [0.29, 0.717) is 0 Å². The van der Waals surface area contributed by atoms with Gasteiger partial charge in [0.1, 0.15) is 0 Å². The fourth-order valence-electron chi connectivity index (χ4n) is 0.607. The van der Waals surface area contributed by atoms with Gasteiger partial charge in [-0.15, -0.1) is 0 Å². The van der Waals surface area contributed by atoms with Gasteiger partial charge in [-0.2, -0.15) is 0 Å². The Morgan fingerprint density at radius 3 is 1.83 bits per heavy atom. The zero-order chi connectivity index (χ0) is 9.99. The third kappa shape index (κ3) is 6.59. The number of hydrogen-bond donors (Lipinski definition) is 0. The highest BCUT2D eigenvalue weighted by Crippen LogP contribution is 2.58. The first kappa shape index (κ1) is 11.9. The summed E-state index contributed by atoms with van der Waals surface area (Å²) in [5, 5.41) is 0. The van der Waals surface area contributed by atoms with Crippen LogP contribution in [0.15, 0.2) is 0 Å². The van der Waals surface area contributed by atoms with Gasteiger partial charge in [-0.25, -0.2) is 8.88 Å². The Hall–Kier alpha value is -0.110. The van der Waals surface area contributed by atoms with E-state index in [2.05, 4.69) is 8.83 Å². The largest absolute Gasteiger partial charge is 0.392 e. The summed E-state index contributed by atoms with van der Waals surface area (Å²) in [7, 11) is -6.37. The maximum Gasteiger partial charge on any atom is 0.383 e. The van der Waals surface area contributed by atoms with Gasteiger partial charge in [0.2, 0.25) is 7.37 Å². The van der Waals surface area contributed by atoms with Crippen LogP contribution in [0, 0.1) is 0 Å². The summed E-state index contributed by atoms with van der Waals surface area (Å²) in [5.74, 6) is -0.714. The minimum Gasteiger partial charge on any atom is -0.392 e. The molecule has 7 heteroatoms. The van der Waals surface area contributed by atoms with Crippen molar-refractivity contribution in [3.63, 3.8) is 0 Å². The summed E-state index contributed by atoms with van der Waals surface area (Å²) in [6, 6.07) is 0. The molecule has 72 valence electrons. The van der Waals surface area contributed by atoms with E-state index < -0.39 is 20.9 Å². The van der Waals surface area contributed by atoms with Gasteiger partial charge in [0.15, 0.2) is 0 Å². The lowest BCUT2D eigenvalue weighted by molar-refractivity contribution is -0.132. The van der Waals surface area contributed by atoms with Gasteiger partial charge >= 0.3 is 13.6 Å². The maximum absolute atomic E-state index is 11.2. The number of carbonyl (C=O) groups is 1. The Labute approximate surface area is 71.4 Å². The van der Waals surface area contributed by atoms with Crippen LogP contribution in [0.3, 0.4) is 0 Å². The van der Waals surface area contributed by atoms with E-state index >= 15 is 0 Å². The van der Waals surface area contributed by atoms with Gasteiger partial charge in [0.05, 0.1) is 6.66 Å². The van der Waals surface area contributed by atoms with Crippen molar-refractivity contribution < 1.29 is 22.8 Å². The van der Waals surface area contributed by atoms with Gasteiger partial charge in [-0.05, 0) is 0 Å². The Bertz CT molecular complexity index is 265. The van der Waals surface area contributed by atoms with Crippen molar-refractivity contribution in [2.75, 3.05) is 20.0 Å². The lowest BCUT2D eigenvalue weighted by atomic mass is 10.9. The molecule has 0 amide bonds. The molecule has 1 atom stereocenters. The van der Waals surface area contributed by atoms with E-state index in [1.165, 1.54) is 13.3 Å². The van der Waals surface area contributed by atoms with Crippen LogP contribution in [0.2, 0.25) is 0 Å². The van der Waals surface area contributed by atoms with Crippen molar-refractivity contribution in [3.05, 3.63) is 0 Å². The smallest absolute Gasteiger partial charge is 0.383 e. The molecule has 0 aromatic heterocycles. The molecule has 0 bridgehead atoms. The van der Waals surface area contributed by atoms with E-state index in [9.17, 15) is 13.9 Å². The second kappa shape index (κ2) is 3.73. The molecule has 0 saturated carbocycles.